The molecule has 0 unspecified atom stereocenters. The van der Waals surface area contributed by atoms with Gasteiger partial charge in [0.15, 0.2) is 11.5 Å². The van der Waals surface area contributed by atoms with Crippen molar-refractivity contribution in [3.63, 3.8) is 0 Å². The largest absolute Gasteiger partial charge is 0.493 e. The van der Waals surface area contributed by atoms with Crippen molar-refractivity contribution >= 4 is 5.91 Å². The van der Waals surface area contributed by atoms with Crippen molar-refractivity contribution in [1.82, 2.24) is 9.80 Å². The summed E-state index contributed by atoms with van der Waals surface area (Å²) in [6, 6.07) is 16.2. The first-order valence-corrected chi connectivity index (χ1v) is 16.0. The van der Waals surface area contributed by atoms with E-state index in [1.165, 1.54) is 70.6 Å². The third-order valence-corrected chi connectivity index (χ3v) is 8.07. The Morgan fingerprint density at radius 1 is 0.800 bits per heavy atom. The zero-order valence-electron chi connectivity index (χ0n) is 25.4. The number of rotatable bonds is 21. The maximum Gasteiger partial charge on any atom is 0.222 e. The average Bonchev–Trinajstić information content (AvgIpc) is 3.51. The second-order valence-electron chi connectivity index (χ2n) is 11.4. The first-order valence-electron chi connectivity index (χ1n) is 16.0. The van der Waals surface area contributed by atoms with Gasteiger partial charge in [-0.25, -0.2) is 0 Å². The highest BCUT2D eigenvalue weighted by molar-refractivity contribution is 5.76. The van der Waals surface area contributed by atoms with E-state index in [1.54, 1.807) is 7.11 Å². The van der Waals surface area contributed by atoms with Gasteiger partial charge in [-0.1, -0.05) is 108 Å². The van der Waals surface area contributed by atoms with Gasteiger partial charge in [0.2, 0.25) is 5.91 Å². The van der Waals surface area contributed by atoms with Crippen LogP contribution >= 0.6 is 0 Å². The van der Waals surface area contributed by atoms with Gasteiger partial charge >= 0.3 is 0 Å². The molecule has 1 amide bonds. The molecule has 1 aliphatic rings. The van der Waals surface area contributed by atoms with E-state index in [1.807, 2.05) is 30.3 Å². The van der Waals surface area contributed by atoms with Gasteiger partial charge in [-0.15, -0.1) is 0 Å². The van der Waals surface area contributed by atoms with Crippen molar-refractivity contribution in [2.45, 2.75) is 110 Å². The lowest BCUT2D eigenvalue weighted by atomic mass is 10.0. The van der Waals surface area contributed by atoms with Gasteiger partial charge in [-0.2, -0.15) is 0 Å². The standard InChI is InChI=1S/C35H54N2O3/c1-3-4-5-6-7-8-9-10-11-12-16-21-35(38)37(27-26-36-24-17-18-25-36)29-32-22-23-33(39-2)34(28-32)40-30-31-19-14-13-15-20-31/h13-15,19-20,22-23,28H,3-12,16-18,21,24-27,29-30H2,1-2H3. The van der Waals surface area contributed by atoms with Crippen molar-refractivity contribution in [2.75, 3.05) is 33.3 Å². The summed E-state index contributed by atoms with van der Waals surface area (Å²) in [6.07, 6.45) is 17.5. The number of nitrogens with zero attached hydrogens (tertiary/aromatic N) is 2. The van der Waals surface area contributed by atoms with Crippen molar-refractivity contribution < 1.29 is 14.3 Å². The number of unbranched alkanes of at least 4 members (excludes halogenated alkanes) is 10. The van der Waals surface area contributed by atoms with Crippen LogP contribution in [0.2, 0.25) is 0 Å². The number of benzene rings is 2. The maximum atomic E-state index is 13.4. The van der Waals surface area contributed by atoms with Crippen molar-refractivity contribution in [2.24, 2.45) is 0 Å². The minimum atomic E-state index is 0.276. The van der Waals surface area contributed by atoms with Gasteiger partial charge in [-0.05, 0) is 55.6 Å². The Kier molecular flexibility index (Phi) is 15.6. The number of hydrogen-bond donors (Lipinski definition) is 0. The summed E-state index contributed by atoms with van der Waals surface area (Å²) in [5, 5.41) is 0. The summed E-state index contributed by atoms with van der Waals surface area (Å²) in [6.45, 7) is 7.41. The van der Waals surface area contributed by atoms with Gasteiger partial charge in [0.05, 0.1) is 7.11 Å². The van der Waals surface area contributed by atoms with Crippen LogP contribution in [0.4, 0.5) is 0 Å². The summed E-state index contributed by atoms with van der Waals surface area (Å²) in [5.74, 6) is 1.72. The van der Waals surface area contributed by atoms with Crippen LogP contribution in [0.1, 0.15) is 108 Å². The third kappa shape index (κ3) is 12.3. The van der Waals surface area contributed by atoms with Crippen molar-refractivity contribution in [3.05, 3.63) is 59.7 Å². The zero-order valence-corrected chi connectivity index (χ0v) is 25.4. The highest BCUT2D eigenvalue weighted by atomic mass is 16.5. The molecule has 3 rings (SSSR count). The fourth-order valence-corrected chi connectivity index (χ4v) is 5.55. The SMILES string of the molecule is CCCCCCCCCCCCCC(=O)N(CCN1CCCC1)Cc1ccc(OC)c(OCc2ccccc2)c1. The molecule has 0 bridgehead atoms. The Morgan fingerprint density at radius 3 is 2.10 bits per heavy atom. The van der Waals surface area contributed by atoms with Crippen LogP contribution < -0.4 is 9.47 Å². The molecule has 0 aliphatic carbocycles. The topological polar surface area (TPSA) is 42.0 Å². The molecule has 40 heavy (non-hydrogen) atoms. The quantitative estimate of drug-likeness (QED) is 0.146. The average molecular weight is 551 g/mol. The zero-order chi connectivity index (χ0) is 28.3. The molecule has 1 heterocycles. The number of likely N-dealkylation sites (tertiary alicyclic amines) is 1. The van der Waals surface area contributed by atoms with Crippen LogP contribution in [-0.2, 0) is 17.9 Å². The Bertz CT molecular complexity index is 943. The molecule has 0 aromatic heterocycles. The number of ether oxygens (including phenoxy) is 2. The summed E-state index contributed by atoms with van der Waals surface area (Å²) in [7, 11) is 1.67. The van der Waals surface area contributed by atoms with Crippen LogP contribution in [0, 0.1) is 0 Å². The second-order valence-corrected chi connectivity index (χ2v) is 11.4. The third-order valence-electron chi connectivity index (χ3n) is 8.07. The van der Waals surface area contributed by atoms with Crippen LogP contribution in [-0.4, -0.2) is 49.0 Å². The molecular formula is C35H54N2O3. The Morgan fingerprint density at radius 2 is 1.45 bits per heavy atom. The van der Waals surface area contributed by atoms with Crippen molar-refractivity contribution in [3.8, 4) is 11.5 Å². The highest BCUT2D eigenvalue weighted by Gasteiger charge is 2.18. The van der Waals surface area contributed by atoms with E-state index in [0.29, 0.717) is 19.6 Å². The van der Waals surface area contributed by atoms with Crippen LogP contribution in [0.3, 0.4) is 0 Å². The van der Waals surface area contributed by atoms with E-state index in [4.69, 9.17) is 9.47 Å². The van der Waals surface area contributed by atoms with Crippen molar-refractivity contribution in [1.29, 1.82) is 0 Å². The molecule has 1 aliphatic heterocycles. The van der Waals surface area contributed by atoms with Gasteiger partial charge in [-0.3, -0.25) is 4.79 Å². The smallest absolute Gasteiger partial charge is 0.222 e. The number of carbonyl (C=O) groups is 1. The Labute approximate surface area is 244 Å². The second kappa shape index (κ2) is 19.5. The van der Waals surface area contributed by atoms with E-state index in [-0.39, 0.29) is 5.91 Å². The molecule has 0 radical (unpaired) electrons. The highest BCUT2D eigenvalue weighted by Crippen LogP contribution is 2.29. The minimum absolute atomic E-state index is 0.276. The fourth-order valence-electron chi connectivity index (χ4n) is 5.55. The lowest BCUT2D eigenvalue weighted by molar-refractivity contribution is -0.132. The van der Waals surface area contributed by atoms with E-state index < -0.39 is 0 Å². The summed E-state index contributed by atoms with van der Waals surface area (Å²) < 4.78 is 11.7. The first kappa shape index (κ1) is 32.0. The summed E-state index contributed by atoms with van der Waals surface area (Å²) >= 11 is 0. The molecule has 0 spiro atoms. The summed E-state index contributed by atoms with van der Waals surface area (Å²) in [4.78, 5) is 17.9. The number of carbonyl (C=O) groups excluding carboxylic acids is 1. The van der Waals surface area contributed by atoms with E-state index in [2.05, 4.69) is 34.9 Å². The molecule has 2 aromatic rings. The normalized spacial score (nSPS) is 13.4. The van der Waals surface area contributed by atoms with Gasteiger partial charge in [0.1, 0.15) is 6.61 Å². The predicted octanol–water partition coefficient (Wildman–Crippen LogP) is 8.40. The lowest BCUT2D eigenvalue weighted by Crippen LogP contribution is -2.37. The van der Waals surface area contributed by atoms with Gasteiger partial charge < -0.3 is 19.3 Å². The first-order chi connectivity index (χ1) is 19.7. The molecular weight excluding hydrogens is 496 g/mol. The monoisotopic (exact) mass is 550 g/mol. The molecule has 0 atom stereocenters. The number of amides is 1. The van der Waals surface area contributed by atoms with Crippen LogP contribution in [0.25, 0.3) is 0 Å². The van der Waals surface area contributed by atoms with Crippen LogP contribution in [0.5, 0.6) is 11.5 Å². The van der Waals surface area contributed by atoms with Gasteiger partial charge in [0.25, 0.3) is 0 Å². The molecule has 1 saturated heterocycles. The van der Waals surface area contributed by atoms with E-state index >= 15 is 0 Å². The number of hydrogen-bond acceptors (Lipinski definition) is 4. The Hall–Kier alpha value is -2.53. The summed E-state index contributed by atoms with van der Waals surface area (Å²) in [5.41, 5.74) is 2.20. The molecule has 0 saturated carbocycles. The van der Waals surface area contributed by atoms with E-state index in [0.717, 1.165) is 61.6 Å². The maximum absolute atomic E-state index is 13.4. The number of methoxy groups -OCH3 is 1. The van der Waals surface area contributed by atoms with Crippen LogP contribution in [0.15, 0.2) is 48.5 Å². The molecule has 5 nitrogen and oxygen atoms in total. The fraction of sp³-hybridized carbons (Fsp3) is 0.629. The molecule has 1 fully saturated rings. The predicted molar refractivity (Wildman–Crippen MR) is 166 cm³/mol. The Balaban J connectivity index is 1.48. The lowest BCUT2D eigenvalue weighted by Gasteiger charge is -2.26. The molecule has 0 N–H and O–H groups in total. The molecule has 2 aromatic carbocycles. The molecule has 5 heteroatoms. The van der Waals surface area contributed by atoms with Gasteiger partial charge in [0, 0.05) is 26.1 Å². The molecule has 222 valence electrons. The minimum Gasteiger partial charge on any atom is -0.493 e. The van der Waals surface area contributed by atoms with E-state index in [9.17, 15) is 4.79 Å².